The molecular weight excluding hydrogens is 622 g/mol. The molecule has 46 heavy (non-hydrogen) atoms. The normalized spacial score (nSPS) is 26.8. The molecule has 2 fully saturated rings. The third-order valence-electron chi connectivity index (χ3n) is 7.28. The molecule has 260 valence electrons. The molecule has 0 aliphatic carbocycles. The van der Waals surface area contributed by atoms with E-state index in [4.69, 9.17) is 25.1 Å². The Morgan fingerprint density at radius 2 is 1.52 bits per heavy atom. The van der Waals surface area contributed by atoms with Gasteiger partial charge in [-0.25, -0.2) is 9.59 Å². The van der Waals surface area contributed by atoms with Gasteiger partial charge in [-0.2, -0.15) is 0 Å². The highest BCUT2D eigenvalue weighted by molar-refractivity contribution is 5.91. The minimum absolute atomic E-state index is 0.0333. The van der Waals surface area contributed by atoms with Crippen LogP contribution in [-0.4, -0.2) is 134 Å². The van der Waals surface area contributed by atoms with Gasteiger partial charge in [-0.3, -0.25) is 24.0 Å². The van der Waals surface area contributed by atoms with Crippen molar-refractivity contribution in [3.63, 3.8) is 0 Å². The monoisotopic (exact) mass is 663 g/mol. The Hall–Kier alpha value is -3.95. The zero-order chi connectivity index (χ0) is 34.9. The molecular formula is C26H41N5O15. The van der Waals surface area contributed by atoms with E-state index in [9.17, 15) is 54.0 Å². The number of carbonyl (C=O) groups excluding carboxylic acids is 4. The molecule has 20 heteroatoms. The van der Waals surface area contributed by atoms with Crippen molar-refractivity contribution in [3.8, 4) is 0 Å². The van der Waals surface area contributed by atoms with Crippen LogP contribution in [0, 0.1) is 0 Å². The third-order valence-corrected chi connectivity index (χ3v) is 7.28. The fourth-order valence-corrected chi connectivity index (χ4v) is 4.71. The van der Waals surface area contributed by atoms with Crippen LogP contribution < -0.4 is 27.0 Å². The number of aliphatic hydroxyl groups excluding tert-OH is 1. The van der Waals surface area contributed by atoms with Crippen LogP contribution in [0.2, 0.25) is 0 Å². The molecule has 0 spiro atoms. The molecule has 0 radical (unpaired) electrons. The van der Waals surface area contributed by atoms with Gasteiger partial charge in [-0.05, 0) is 39.5 Å². The molecule has 2 saturated heterocycles. The van der Waals surface area contributed by atoms with Gasteiger partial charge in [0.05, 0.1) is 6.61 Å². The van der Waals surface area contributed by atoms with Crippen molar-refractivity contribution >= 4 is 41.5 Å². The summed E-state index contributed by atoms with van der Waals surface area (Å²) in [7, 11) is 0. The molecule has 2 bridgehead atoms. The Morgan fingerprint density at radius 1 is 0.913 bits per heavy atom. The Bertz CT molecular complexity index is 1170. The van der Waals surface area contributed by atoms with Crippen molar-refractivity contribution in [2.75, 3.05) is 6.61 Å². The molecule has 0 aromatic heterocycles. The van der Waals surface area contributed by atoms with Crippen LogP contribution in [0.25, 0.3) is 0 Å². The third kappa shape index (κ3) is 10.3. The average molecular weight is 664 g/mol. The zero-order valence-corrected chi connectivity index (χ0v) is 25.3. The summed E-state index contributed by atoms with van der Waals surface area (Å²) in [6.07, 6.45) is -7.89. The summed E-state index contributed by atoms with van der Waals surface area (Å²) in [6, 6.07) is -5.53. The van der Waals surface area contributed by atoms with Gasteiger partial charge in [0.15, 0.2) is 0 Å². The lowest BCUT2D eigenvalue weighted by molar-refractivity contribution is -0.304. The van der Waals surface area contributed by atoms with Crippen molar-refractivity contribution < 1.29 is 73.3 Å². The molecule has 0 aromatic rings. The molecule has 2 aliphatic heterocycles. The quantitative estimate of drug-likeness (QED) is 0.0620. The van der Waals surface area contributed by atoms with E-state index in [2.05, 4.69) is 21.3 Å². The maximum absolute atomic E-state index is 12.8. The van der Waals surface area contributed by atoms with Gasteiger partial charge >= 0.3 is 17.9 Å². The highest BCUT2D eigenvalue weighted by Crippen LogP contribution is 2.36. The SMILES string of the molecule is CC(=O)N[C@]1(O)[C@@H]2OC[C@@H](O2)[C@@H](O)[C@@H]1O[C@H](C)C(=O)N[C@@H](C)C(=O)N[C@H](CCC(=O)N[C@@H](CCC[C@H](N)C(=O)O)C(=O)O)C(=O)O. The minimum atomic E-state index is -2.37. The number of nitrogens with one attached hydrogen (secondary N) is 4. The number of aliphatic hydroxyl groups is 2. The van der Waals surface area contributed by atoms with Gasteiger partial charge in [0.25, 0.3) is 0 Å². The van der Waals surface area contributed by atoms with Crippen LogP contribution in [-0.2, 0) is 47.8 Å². The lowest BCUT2D eigenvalue weighted by Gasteiger charge is -2.45. The number of hydrogen-bond acceptors (Lipinski definition) is 13. The van der Waals surface area contributed by atoms with Gasteiger partial charge < -0.3 is 66.7 Å². The van der Waals surface area contributed by atoms with Gasteiger partial charge in [0.2, 0.25) is 35.6 Å². The van der Waals surface area contributed by atoms with E-state index in [1.54, 1.807) is 0 Å². The van der Waals surface area contributed by atoms with Crippen molar-refractivity contribution in [1.82, 2.24) is 21.3 Å². The second kappa shape index (κ2) is 16.6. The van der Waals surface area contributed by atoms with Crippen molar-refractivity contribution in [2.24, 2.45) is 5.73 Å². The van der Waals surface area contributed by atoms with E-state index in [0.29, 0.717) is 0 Å². The van der Waals surface area contributed by atoms with Crippen LogP contribution in [0.1, 0.15) is 52.9 Å². The molecule has 2 heterocycles. The van der Waals surface area contributed by atoms with Crippen LogP contribution >= 0.6 is 0 Å². The van der Waals surface area contributed by atoms with E-state index in [0.717, 1.165) is 6.92 Å². The second-order valence-corrected chi connectivity index (χ2v) is 11.0. The summed E-state index contributed by atoms with van der Waals surface area (Å²) in [5.41, 5.74) is 3.01. The number of nitrogens with two attached hydrogens (primary N) is 1. The average Bonchev–Trinajstić information content (AvgIpc) is 3.44. The number of aliphatic carboxylic acids is 3. The number of fused-ring (bicyclic) bond motifs is 2. The molecule has 4 amide bonds. The number of carbonyl (C=O) groups is 7. The summed E-state index contributed by atoms with van der Waals surface area (Å²) in [5, 5.41) is 58.2. The lowest BCUT2D eigenvalue weighted by atomic mass is 9.94. The first-order valence-corrected chi connectivity index (χ1v) is 14.3. The second-order valence-electron chi connectivity index (χ2n) is 11.0. The molecule has 20 nitrogen and oxygen atoms in total. The van der Waals surface area contributed by atoms with E-state index in [1.165, 1.54) is 13.8 Å². The zero-order valence-electron chi connectivity index (χ0n) is 25.3. The van der Waals surface area contributed by atoms with E-state index >= 15 is 0 Å². The fourth-order valence-electron chi connectivity index (χ4n) is 4.71. The van der Waals surface area contributed by atoms with Gasteiger partial charge in [-0.15, -0.1) is 0 Å². The molecule has 11 N–H and O–H groups in total. The van der Waals surface area contributed by atoms with E-state index in [1.807, 2.05) is 0 Å². The lowest BCUT2D eigenvalue weighted by Crippen LogP contribution is -2.72. The summed E-state index contributed by atoms with van der Waals surface area (Å²) < 4.78 is 16.2. The van der Waals surface area contributed by atoms with E-state index in [-0.39, 0.29) is 25.9 Å². The molecule has 2 aliphatic rings. The van der Waals surface area contributed by atoms with Gasteiger partial charge in [-0.1, -0.05) is 0 Å². The van der Waals surface area contributed by atoms with Gasteiger partial charge in [0.1, 0.15) is 48.6 Å². The number of rotatable bonds is 18. The number of amides is 4. The summed E-state index contributed by atoms with van der Waals surface area (Å²) in [6.45, 7) is 3.43. The van der Waals surface area contributed by atoms with Crippen LogP contribution in [0.15, 0.2) is 0 Å². The summed E-state index contributed by atoms with van der Waals surface area (Å²) in [5.74, 6) is -7.59. The number of carboxylic acids is 3. The molecule has 0 saturated carbocycles. The van der Waals surface area contributed by atoms with Crippen molar-refractivity contribution in [2.45, 2.75) is 113 Å². The maximum atomic E-state index is 12.8. The van der Waals surface area contributed by atoms with E-state index < -0.39 is 115 Å². The summed E-state index contributed by atoms with van der Waals surface area (Å²) in [4.78, 5) is 83.5. The molecule has 10 atom stereocenters. The smallest absolute Gasteiger partial charge is 0.326 e. The highest BCUT2D eigenvalue weighted by Gasteiger charge is 2.61. The Kier molecular flexibility index (Phi) is 13.8. The predicted octanol–water partition coefficient (Wildman–Crippen LogP) is -4.29. The fraction of sp³-hybridized carbons (Fsp3) is 0.731. The first-order chi connectivity index (χ1) is 21.4. The maximum Gasteiger partial charge on any atom is 0.326 e. The number of ether oxygens (including phenoxy) is 3. The highest BCUT2D eigenvalue weighted by atomic mass is 16.8. The number of hydrogen-bond donors (Lipinski definition) is 10. The first-order valence-electron chi connectivity index (χ1n) is 14.3. The Labute approximate surface area is 262 Å². The van der Waals surface area contributed by atoms with Crippen LogP contribution in [0.3, 0.4) is 0 Å². The van der Waals surface area contributed by atoms with Gasteiger partial charge in [0, 0.05) is 13.3 Å². The molecule has 0 unspecified atom stereocenters. The molecule has 0 aromatic carbocycles. The van der Waals surface area contributed by atoms with Crippen LogP contribution in [0.4, 0.5) is 0 Å². The van der Waals surface area contributed by atoms with Crippen LogP contribution in [0.5, 0.6) is 0 Å². The predicted molar refractivity (Wildman–Crippen MR) is 149 cm³/mol. The molecule has 2 rings (SSSR count). The largest absolute Gasteiger partial charge is 0.480 e. The van der Waals surface area contributed by atoms with Crippen molar-refractivity contribution in [3.05, 3.63) is 0 Å². The van der Waals surface area contributed by atoms with Crippen molar-refractivity contribution in [1.29, 1.82) is 0 Å². The standard InChI is InChI=1S/C26H41N5O15/c1-10(28-21(36)11(2)45-19-18(34)16-9-44-25(46-16)26(19,43)31-12(3)32)20(35)30-15(24(41)42)7-8-17(33)29-14(23(39)40)6-4-5-13(27)22(37)38/h10-11,13-16,18-19,25,34,43H,4-9,27H2,1-3H3,(H,28,36)(H,29,33)(H,30,35)(H,31,32)(H,37,38)(H,39,40)(H,41,42)/t10-,11+,13-,14-,15+,16+,18+,19-,25+,26+/m0/s1. The first kappa shape index (κ1) is 38.2. The summed E-state index contributed by atoms with van der Waals surface area (Å²) >= 11 is 0. The minimum Gasteiger partial charge on any atom is -0.480 e. The topological polar surface area (TPSA) is 322 Å². The Morgan fingerprint density at radius 3 is 2.09 bits per heavy atom. The number of carboxylic acid groups (broad SMARTS) is 3. The Balaban J connectivity index is 1.91.